The second-order valence-electron chi connectivity index (χ2n) is 8.00. The van der Waals surface area contributed by atoms with E-state index in [1.807, 2.05) is 25.1 Å². The van der Waals surface area contributed by atoms with Gasteiger partial charge in [0.1, 0.15) is 10.1 Å². The van der Waals surface area contributed by atoms with Crippen LogP contribution in [0.2, 0.25) is 0 Å². The molecule has 0 aliphatic carbocycles. The van der Waals surface area contributed by atoms with E-state index in [0.717, 1.165) is 16.7 Å². The summed E-state index contributed by atoms with van der Waals surface area (Å²) in [5, 5.41) is 0. The molecule has 0 spiro atoms. The van der Waals surface area contributed by atoms with Gasteiger partial charge in [0.05, 0.1) is 4.90 Å². The summed E-state index contributed by atoms with van der Waals surface area (Å²) < 4.78 is 35.9. The maximum absolute atomic E-state index is 12.0. The predicted molar refractivity (Wildman–Crippen MR) is 127 cm³/mol. The van der Waals surface area contributed by atoms with Crippen LogP contribution >= 0.6 is 0 Å². The fraction of sp³-hybridized carbons (Fsp3) is 0.200. The smallest absolute Gasteiger partial charge is 0.744 e. The summed E-state index contributed by atoms with van der Waals surface area (Å²) in [6.07, 6.45) is 9.31. The van der Waals surface area contributed by atoms with E-state index >= 15 is 0 Å². The standard InChI is InChI=1S/C25H22N6O3S.Na.2Y/c1-16-10-19(12-24-28-14-26-17(2)30-24)4-6-21(16)8-9-22-7-5-20(11-23(22)35(32,33)34)13-25-29-15-27-18(3)31-25;;;/h4-11H,12-13H2,1-3H3,(H,32,33,34);;;/q-2;+1;;/p-1/b9-8+;;;. The average molecular weight is 686 g/mol. The number of benzene rings is 2. The van der Waals surface area contributed by atoms with Gasteiger partial charge in [-0.3, -0.25) is 0 Å². The summed E-state index contributed by atoms with van der Waals surface area (Å²) >= 11 is 0. The van der Waals surface area contributed by atoms with Crippen molar-refractivity contribution in [2.45, 2.75) is 38.5 Å². The molecule has 0 fully saturated rings. The van der Waals surface area contributed by atoms with Crippen LogP contribution in [-0.2, 0) is 88.4 Å². The molecular weight excluding hydrogens is 665 g/mol. The van der Waals surface area contributed by atoms with Gasteiger partial charge in [0.2, 0.25) is 0 Å². The Morgan fingerprint density at radius 1 is 0.763 bits per heavy atom. The molecule has 9 nitrogen and oxygen atoms in total. The third kappa shape index (κ3) is 10.1. The Morgan fingerprint density at radius 2 is 1.24 bits per heavy atom. The molecule has 0 atom stereocenters. The van der Waals surface area contributed by atoms with E-state index in [2.05, 4.69) is 42.6 Å². The molecule has 13 heteroatoms. The topological polar surface area (TPSA) is 135 Å². The second kappa shape index (κ2) is 15.9. The fourth-order valence-electron chi connectivity index (χ4n) is 3.56. The van der Waals surface area contributed by atoms with E-state index < -0.39 is 10.1 Å². The number of aryl methyl sites for hydroxylation is 3. The molecule has 4 aromatic rings. The van der Waals surface area contributed by atoms with Crippen molar-refractivity contribution in [2.24, 2.45) is 0 Å². The minimum absolute atomic E-state index is 0. The van der Waals surface area contributed by atoms with Crippen LogP contribution in [0.3, 0.4) is 0 Å². The van der Waals surface area contributed by atoms with Gasteiger partial charge in [-0.1, -0.05) is 67.5 Å². The van der Waals surface area contributed by atoms with Crippen molar-refractivity contribution in [1.82, 2.24) is 29.9 Å². The second-order valence-corrected chi connectivity index (χ2v) is 9.35. The van der Waals surface area contributed by atoms with Gasteiger partial charge in [0, 0.05) is 101 Å². The van der Waals surface area contributed by atoms with Crippen LogP contribution in [0.5, 0.6) is 0 Å². The molecule has 2 heterocycles. The Balaban J connectivity index is 0.00000241. The summed E-state index contributed by atoms with van der Waals surface area (Å²) in [6.45, 7) is 5.45. The van der Waals surface area contributed by atoms with Crippen LogP contribution in [0, 0.1) is 33.4 Å². The number of rotatable bonds is 7. The largest absolute Gasteiger partial charge is 1.00 e. The Kier molecular flexibility index (Phi) is 14.8. The van der Waals surface area contributed by atoms with Crippen LogP contribution in [0.4, 0.5) is 0 Å². The van der Waals surface area contributed by atoms with Crippen LogP contribution in [-0.4, -0.2) is 42.9 Å². The Labute approximate surface area is 295 Å². The quantitative estimate of drug-likeness (QED) is 0.113. The van der Waals surface area contributed by atoms with E-state index in [-0.39, 0.29) is 106 Å². The molecule has 0 N–H and O–H groups in total. The molecule has 0 saturated carbocycles. The maximum Gasteiger partial charge on any atom is 1.00 e. The first-order chi connectivity index (χ1) is 16.7. The molecule has 0 aliphatic rings. The fourth-order valence-corrected chi connectivity index (χ4v) is 4.28. The molecule has 2 aromatic heterocycles. The van der Waals surface area contributed by atoms with Gasteiger partial charge < -0.3 is 34.5 Å². The van der Waals surface area contributed by atoms with Crippen molar-refractivity contribution in [2.75, 3.05) is 0 Å². The summed E-state index contributed by atoms with van der Waals surface area (Å²) in [5.41, 5.74) is 3.81. The van der Waals surface area contributed by atoms with Crippen molar-refractivity contribution in [3.63, 3.8) is 0 Å². The molecule has 184 valence electrons. The van der Waals surface area contributed by atoms with E-state index in [1.165, 1.54) is 6.07 Å². The monoisotopic (exact) mass is 686 g/mol. The zero-order valence-electron chi connectivity index (χ0n) is 21.5. The molecule has 0 amide bonds. The third-order valence-electron chi connectivity index (χ3n) is 5.21. The van der Waals surface area contributed by atoms with Crippen LogP contribution in [0.15, 0.2) is 41.3 Å². The van der Waals surface area contributed by atoms with Crippen molar-refractivity contribution >= 4 is 22.3 Å². The number of aromatic nitrogens is 6. The van der Waals surface area contributed by atoms with E-state index in [1.54, 1.807) is 38.1 Å². The van der Waals surface area contributed by atoms with Crippen molar-refractivity contribution in [1.29, 1.82) is 0 Å². The molecule has 0 saturated heterocycles. The molecule has 0 bridgehead atoms. The average Bonchev–Trinajstić information content (AvgIpc) is 2.78. The zero-order chi connectivity index (χ0) is 25.0. The van der Waals surface area contributed by atoms with Crippen LogP contribution in [0.1, 0.15) is 51.1 Å². The molecule has 4 rings (SSSR count). The van der Waals surface area contributed by atoms with Gasteiger partial charge in [0.25, 0.3) is 0 Å². The zero-order valence-corrected chi connectivity index (χ0v) is 30.0. The van der Waals surface area contributed by atoms with Crippen LogP contribution < -0.4 is 29.6 Å². The molecule has 0 aliphatic heterocycles. The van der Waals surface area contributed by atoms with Gasteiger partial charge in [0.15, 0.2) is 0 Å². The van der Waals surface area contributed by atoms with Gasteiger partial charge in [-0.05, 0) is 42.5 Å². The normalized spacial score (nSPS) is 10.8. The van der Waals surface area contributed by atoms with Crippen LogP contribution in [0.25, 0.3) is 12.2 Å². The Bertz CT molecular complexity index is 1540. The van der Waals surface area contributed by atoms with Gasteiger partial charge >= 0.3 is 29.6 Å². The molecule has 38 heavy (non-hydrogen) atoms. The van der Waals surface area contributed by atoms with Crippen molar-refractivity contribution < 1.29 is 108 Å². The van der Waals surface area contributed by atoms with Crippen molar-refractivity contribution in [3.8, 4) is 0 Å². The van der Waals surface area contributed by atoms with E-state index in [4.69, 9.17) is 0 Å². The number of nitrogens with zero attached hydrogens (tertiary/aromatic N) is 6. The summed E-state index contributed by atoms with van der Waals surface area (Å²) in [6, 6.07) is 10.6. The first-order valence-electron chi connectivity index (χ1n) is 10.7. The van der Waals surface area contributed by atoms with Gasteiger partial charge in [-0.2, -0.15) is 0 Å². The Hall–Kier alpha value is -0.682. The first kappa shape index (κ1) is 35.3. The predicted octanol–water partition coefficient (Wildman–Crippen LogP) is -0.163. The van der Waals surface area contributed by atoms with Gasteiger partial charge in [-0.15, -0.1) is 0 Å². The first-order valence-corrected chi connectivity index (χ1v) is 12.1. The van der Waals surface area contributed by atoms with E-state index in [0.29, 0.717) is 40.8 Å². The summed E-state index contributed by atoms with van der Waals surface area (Å²) in [5.74, 6) is 2.20. The number of hydrogen-bond donors (Lipinski definition) is 0. The molecule has 2 aromatic carbocycles. The minimum atomic E-state index is -4.70. The minimum Gasteiger partial charge on any atom is -0.744 e. The number of hydrogen-bond acceptors (Lipinski definition) is 9. The maximum atomic E-state index is 12.0. The third-order valence-corrected chi connectivity index (χ3v) is 6.10. The molecule has 0 unspecified atom stereocenters. The summed E-state index contributed by atoms with van der Waals surface area (Å²) in [4.78, 5) is 24.0. The molecule has 2 radical (unpaired) electrons. The Morgan fingerprint density at radius 3 is 1.71 bits per heavy atom. The van der Waals surface area contributed by atoms with Gasteiger partial charge in [-0.25, -0.2) is 8.42 Å². The summed E-state index contributed by atoms with van der Waals surface area (Å²) in [7, 11) is -4.70. The SMILES string of the molecule is Cc1n[c-]nc(Cc2ccc(/C=C/c3ccc(Cc4n[c-]nc(C)n4)cc3S(=O)(=O)[O-])c(C)c2)n1.[Na+].[Y].[Y]. The molecular formula is C25H21N6NaO3SY2-2. The van der Waals surface area contributed by atoms with Crippen molar-refractivity contribution in [3.05, 3.63) is 100 Å². The van der Waals surface area contributed by atoms with E-state index in [9.17, 15) is 13.0 Å².